The maximum atomic E-state index is 13.8. The first-order valence-corrected chi connectivity index (χ1v) is 13.7. The summed E-state index contributed by atoms with van der Waals surface area (Å²) in [6.45, 7) is -0.634. The van der Waals surface area contributed by atoms with Crippen molar-refractivity contribution < 1.29 is 19.2 Å². The number of hydrogen-bond donors (Lipinski definition) is 0. The molecule has 2 fully saturated rings. The maximum absolute atomic E-state index is 13.8. The van der Waals surface area contributed by atoms with Gasteiger partial charge in [-0.15, -0.1) is 34.5 Å². The lowest BCUT2D eigenvalue weighted by molar-refractivity contribution is -0.154. The van der Waals surface area contributed by atoms with Gasteiger partial charge in [0.2, 0.25) is 0 Å². The van der Waals surface area contributed by atoms with Crippen LogP contribution >= 0.6 is 92.5 Å². The zero-order valence-electron chi connectivity index (χ0n) is 17.5. The molecule has 1 saturated heterocycles. The third kappa shape index (κ3) is 3.24. The number of rotatable bonds is 5. The number of alkyl halides is 4. The molecule has 2 aromatic rings. The highest BCUT2D eigenvalue weighted by Gasteiger charge is 2.88. The molecule has 2 heterocycles. The molecular formula is C22H11Cl7N2O4S. The molecule has 36 heavy (non-hydrogen) atoms. The average Bonchev–Trinajstić information content (AvgIpc) is 3.52. The lowest BCUT2D eigenvalue weighted by Crippen LogP contribution is -2.56. The Morgan fingerprint density at radius 1 is 0.889 bits per heavy atom. The fourth-order valence-electron chi connectivity index (χ4n) is 4.84. The van der Waals surface area contributed by atoms with Crippen LogP contribution in [-0.4, -0.2) is 54.1 Å². The van der Waals surface area contributed by atoms with Gasteiger partial charge < -0.3 is 0 Å². The van der Waals surface area contributed by atoms with E-state index in [-0.39, 0.29) is 15.6 Å². The van der Waals surface area contributed by atoms with Gasteiger partial charge in [-0.05, 0) is 35.7 Å². The quantitative estimate of drug-likeness (QED) is 0.224. The molecule has 0 radical (unpaired) electrons. The highest BCUT2D eigenvalue weighted by atomic mass is 35.5. The fraction of sp³-hybridized carbons (Fsp3) is 0.273. The van der Waals surface area contributed by atoms with Crippen molar-refractivity contribution in [2.24, 2.45) is 11.8 Å². The van der Waals surface area contributed by atoms with Crippen LogP contribution in [0.15, 0.2) is 51.8 Å². The van der Waals surface area contributed by atoms with Crippen LogP contribution in [0.2, 0.25) is 5.02 Å². The minimum Gasteiger partial charge on any atom is -0.291 e. The van der Waals surface area contributed by atoms with Gasteiger partial charge >= 0.3 is 0 Å². The van der Waals surface area contributed by atoms with Crippen LogP contribution in [0.5, 0.6) is 0 Å². The molecule has 4 atom stereocenters. The van der Waals surface area contributed by atoms with Crippen LogP contribution in [-0.2, 0) is 9.59 Å². The number of imide groups is 1. The standard InChI is InChI=1S/C22H11Cl7N2O4S/c23-10-5-3-9(4-6-10)17(33)30(8-11(32)12-2-1-7-36-12)31-18(34)13-14(19(31)35)21(27)16(25)15(24)20(13,26)22(21,28)29/h1-7,13-14H,8H2/t13-,14+,20-,21-/m1/s1. The summed E-state index contributed by atoms with van der Waals surface area (Å²) in [5.74, 6) is -6.12. The van der Waals surface area contributed by atoms with Crippen molar-refractivity contribution in [2.75, 3.05) is 6.54 Å². The molecule has 6 nitrogen and oxygen atoms in total. The predicted molar refractivity (Wildman–Crippen MR) is 140 cm³/mol. The minimum absolute atomic E-state index is 0.0680. The van der Waals surface area contributed by atoms with E-state index in [2.05, 4.69) is 0 Å². The molecule has 0 N–H and O–H groups in total. The summed E-state index contributed by atoms with van der Waals surface area (Å²) in [5, 5.41) is 2.82. The minimum atomic E-state index is -2.12. The van der Waals surface area contributed by atoms with Crippen molar-refractivity contribution in [2.45, 2.75) is 14.1 Å². The average molecular weight is 648 g/mol. The Hall–Kier alpha value is -1.03. The van der Waals surface area contributed by atoms with Crippen molar-refractivity contribution in [3.8, 4) is 0 Å². The summed E-state index contributed by atoms with van der Waals surface area (Å²) in [7, 11) is 0. The van der Waals surface area contributed by atoms with Crippen molar-refractivity contribution in [1.29, 1.82) is 0 Å². The van der Waals surface area contributed by atoms with E-state index in [9.17, 15) is 19.2 Å². The van der Waals surface area contributed by atoms with Gasteiger partial charge in [0, 0.05) is 10.6 Å². The molecule has 3 amide bonds. The molecule has 3 aliphatic rings. The molecule has 1 aromatic heterocycles. The van der Waals surface area contributed by atoms with Gasteiger partial charge in [-0.25, -0.2) is 5.01 Å². The van der Waals surface area contributed by atoms with Gasteiger partial charge in [0.05, 0.1) is 26.8 Å². The molecule has 0 spiro atoms. The third-order valence-electron chi connectivity index (χ3n) is 6.54. The highest BCUT2D eigenvalue weighted by Crippen LogP contribution is 2.77. The number of thiophene rings is 1. The molecule has 1 aliphatic heterocycles. The number of hydrogen-bond acceptors (Lipinski definition) is 5. The Labute approximate surface area is 243 Å². The van der Waals surface area contributed by atoms with E-state index in [1.165, 1.54) is 24.3 Å². The van der Waals surface area contributed by atoms with E-state index in [4.69, 9.17) is 81.2 Å². The number of carbonyl (C=O) groups excluding carboxylic acids is 4. The zero-order valence-corrected chi connectivity index (χ0v) is 23.6. The Balaban J connectivity index is 1.60. The number of amides is 3. The number of carbonyl (C=O) groups is 4. The second kappa shape index (κ2) is 8.75. The number of nitrogens with zero attached hydrogens (tertiary/aromatic N) is 2. The number of benzene rings is 1. The van der Waals surface area contributed by atoms with E-state index in [0.717, 1.165) is 16.3 Å². The van der Waals surface area contributed by atoms with Crippen LogP contribution in [0.1, 0.15) is 20.0 Å². The van der Waals surface area contributed by atoms with Gasteiger partial charge in [0.15, 0.2) is 10.1 Å². The maximum Gasteiger partial charge on any atom is 0.273 e. The second-order valence-electron chi connectivity index (χ2n) is 8.34. The van der Waals surface area contributed by atoms with Gasteiger partial charge in [-0.2, -0.15) is 5.01 Å². The largest absolute Gasteiger partial charge is 0.291 e. The normalized spacial score (nSPS) is 30.2. The summed E-state index contributed by atoms with van der Waals surface area (Å²) in [6, 6.07) is 8.91. The van der Waals surface area contributed by atoms with E-state index in [1.54, 1.807) is 17.5 Å². The first-order valence-electron chi connectivity index (χ1n) is 10.1. The van der Waals surface area contributed by atoms with E-state index < -0.39 is 56.0 Å². The Kier molecular flexibility index (Phi) is 6.46. The van der Waals surface area contributed by atoms with Crippen molar-refractivity contribution in [1.82, 2.24) is 10.0 Å². The van der Waals surface area contributed by atoms with Crippen molar-refractivity contribution >= 4 is 116 Å². The van der Waals surface area contributed by atoms with Gasteiger partial charge in [-0.1, -0.05) is 64.1 Å². The molecule has 14 heteroatoms. The number of halogens is 7. The van der Waals surface area contributed by atoms with Crippen molar-refractivity contribution in [3.63, 3.8) is 0 Å². The molecular weight excluding hydrogens is 636 g/mol. The predicted octanol–water partition coefficient (Wildman–Crippen LogP) is 6.09. The molecule has 188 valence electrons. The molecule has 1 aromatic carbocycles. The lowest BCUT2D eigenvalue weighted by Gasteiger charge is -2.36. The number of allylic oxidation sites excluding steroid dienone is 2. The number of fused-ring (bicyclic) bond motifs is 5. The Morgan fingerprint density at radius 3 is 1.89 bits per heavy atom. The van der Waals surface area contributed by atoms with Gasteiger partial charge in [0.25, 0.3) is 17.7 Å². The Morgan fingerprint density at radius 2 is 1.42 bits per heavy atom. The Bertz CT molecular complexity index is 1320. The van der Waals surface area contributed by atoms with Crippen LogP contribution in [0.25, 0.3) is 0 Å². The third-order valence-corrected chi connectivity index (χ3v) is 12.0. The monoisotopic (exact) mass is 644 g/mol. The molecule has 5 rings (SSSR count). The molecule has 2 aliphatic carbocycles. The van der Waals surface area contributed by atoms with E-state index >= 15 is 0 Å². The van der Waals surface area contributed by atoms with E-state index in [0.29, 0.717) is 14.9 Å². The topological polar surface area (TPSA) is 74.8 Å². The van der Waals surface area contributed by atoms with Crippen molar-refractivity contribution in [3.05, 3.63) is 67.3 Å². The first kappa shape index (κ1) is 26.6. The smallest absolute Gasteiger partial charge is 0.273 e. The number of Topliss-reactive ketones (excluding diaryl/α,β-unsaturated/α-hetero) is 1. The first-order chi connectivity index (χ1) is 16.8. The highest BCUT2D eigenvalue weighted by molar-refractivity contribution is 7.12. The molecule has 2 bridgehead atoms. The number of hydrazine groups is 1. The molecule has 1 saturated carbocycles. The summed E-state index contributed by atoms with van der Waals surface area (Å²) < 4.78 is -2.12. The van der Waals surface area contributed by atoms with Gasteiger partial charge in [0.1, 0.15) is 16.3 Å². The fourth-order valence-corrected chi connectivity index (χ4v) is 8.56. The summed E-state index contributed by atoms with van der Waals surface area (Å²) in [4.78, 5) is 50.3. The summed E-state index contributed by atoms with van der Waals surface area (Å²) in [5.41, 5.74) is 0.0680. The van der Waals surface area contributed by atoms with Crippen LogP contribution in [0.3, 0.4) is 0 Å². The zero-order chi connectivity index (χ0) is 26.4. The molecule has 0 unspecified atom stereocenters. The van der Waals surface area contributed by atoms with Crippen LogP contribution in [0, 0.1) is 11.8 Å². The van der Waals surface area contributed by atoms with Crippen LogP contribution in [0.4, 0.5) is 0 Å². The van der Waals surface area contributed by atoms with E-state index in [1.807, 2.05) is 0 Å². The SMILES string of the molecule is O=C(CN(C(=O)c1ccc(Cl)cc1)N1C(=O)[C@@H]2[C@H](C1=O)[C@@]1(Cl)C(Cl)=C(Cl)[C@@]2(Cl)C1(Cl)Cl)c1cccs1. The lowest BCUT2D eigenvalue weighted by atomic mass is 9.84. The summed E-state index contributed by atoms with van der Waals surface area (Å²) >= 11 is 46.3. The van der Waals surface area contributed by atoms with Crippen LogP contribution < -0.4 is 0 Å². The summed E-state index contributed by atoms with van der Waals surface area (Å²) in [6.07, 6.45) is 0. The van der Waals surface area contributed by atoms with Gasteiger partial charge in [-0.3, -0.25) is 19.2 Å². The second-order valence-corrected chi connectivity index (χ2v) is 13.0. The number of ketones is 1.